The van der Waals surface area contributed by atoms with Crippen molar-refractivity contribution in [1.82, 2.24) is 4.90 Å². The molecule has 0 radical (unpaired) electrons. The van der Waals surface area contributed by atoms with E-state index in [4.69, 9.17) is 0 Å². The fraction of sp³-hybridized carbons (Fsp3) is 0.786. The van der Waals surface area contributed by atoms with Crippen molar-refractivity contribution in [1.29, 1.82) is 0 Å². The maximum absolute atomic E-state index is 11.8. The standard InChI is InChI=1S/C14H23NO/c1-3-9-15(2)12-7-8-13-11(10-12)5-4-6-14(13)16/h12H,3-10H2,1-2H3. The molecule has 2 heteroatoms. The molecular formula is C14H23NO. The van der Waals surface area contributed by atoms with Crippen molar-refractivity contribution in [2.45, 2.75) is 57.9 Å². The topological polar surface area (TPSA) is 20.3 Å². The molecule has 0 saturated carbocycles. The summed E-state index contributed by atoms with van der Waals surface area (Å²) in [7, 11) is 2.23. The van der Waals surface area contributed by atoms with Crippen LogP contribution < -0.4 is 0 Å². The van der Waals surface area contributed by atoms with Crippen molar-refractivity contribution in [3.05, 3.63) is 11.1 Å². The molecule has 0 spiro atoms. The van der Waals surface area contributed by atoms with Gasteiger partial charge in [-0.2, -0.15) is 0 Å². The first-order valence-corrected chi connectivity index (χ1v) is 6.66. The highest BCUT2D eigenvalue weighted by Gasteiger charge is 2.28. The minimum absolute atomic E-state index is 0.442. The van der Waals surface area contributed by atoms with Crippen LogP contribution in [0.25, 0.3) is 0 Å². The largest absolute Gasteiger partial charge is 0.303 e. The minimum Gasteiger partial charge on any atom is -0.303 e. The van der Waals surface area contributed by atoms with E-state index in [1.807, 2.05) is 0 Å². The average Bonchev–Trinajstić information content (AvgIpc) is 2.29. The fourth-order valence-electron chi connectivity index (χ4n) is 3.11. The summed E-state index contributed by atoms with van der Waals surface area (Å²) in [5, 5.41) is 0. The third-order valence-electron chi connectivity index (χ3n) is 4.06. The van der Waals surface area contributed by atoms with Crippen molar-refractivity contribution >= 4 is 5.78 Å². The van der Waals surface area contributed by atoms with Gasteiger partial charge in [0.25, 0.3) is 0 Å². The summed E-state index contributed by atoms with van der Waals surface area (Å²) in [5.74, 6) is 0.442. The van der Waals surface area contributed by atoms with Gasteiger partial charge in [-0.25, -0.2) is 0 Å². The normalized spacial score (nSPS) is 26.2. The second kappa shape index (κ2) is 5.13. The molecule has 2 nitrogen and oxygen atoms in total. The smallest absolute Gasteiger partial charge is 0.158 e. The Bertz CT molecular complexity index is 306. The maximum Gasteiger partial charge on any atom is 0.158 e. The Hall–Kier alpha value is -0.630. The van der Waals surface area contributed by atoms with E-state index in [0.29, 0.717) is 11.8 Å². The quantitative estimate of drug-likeness (QED) is 0.730. The van der Waals surface area contributed by atoms with Gasteiger partial charge in [0, 0.05) is 12.5 Å². The predicted octanol–water partition coefficient (Wildman–Crippen LogP) is 2.93. The summed E-state index contributed by atoms with van der Waals surface area (Å²) in [6.45, 7) is 3.41. The van der Waals surface area contributed by atoms with E-state index in [0.717, 1.165) is 25.7 Å². The summed E-state index contributed by atoms with van der Waals surface area (Å²) < 4.78 is 0. The first kappa shape index (κ1) is 11.8. The number of nitrogens with zero attached hydrogens (tertiary/aromatic N) is 1. The van der Waals surface area contributed by atoms with E-state index in [2.05, 4.69) is 18.9 Å². The van der Waals surface area contributed by atoms with E-state index in [1.165, 1.54) is 37.0 Å². The van der Waals surface area contributed by atoms with Gasteiger partial charge in [0.2, 0.25) is 0 Å². The number of carbonyl (C=O) groups is 1. The molecule has 2 aliphatic carbocycles. The molecule has 16 heavy (non-hydrogen) atoms. The highest BCUT2D eigenvalue weighted by Crippen LogP contribution is 2.35. The zero-order chi connectivity index (χ0) is 11.5. The minimum atomic E-state index is 0.442. The van der Waals surface area contributed by atoms with Crippen molar-refractivity contribution < 1.29 is 4.79 Å². The van der Waals surface area contributed by atoms with E-state index in [1.54, 1.807) is 0 Å². The van der Waals surface area contributed by atoms with Gasteiger partial charge in [-0.1, -0.05) is 12.5 Å². The van der Waals surface area contributed by atoms with Crippen LogP contribution in [0.3, 0.4) is 0 Å². The fourth-order valence-corrected chi connectivity index (χ4v) is 3.11. The van der Waals surface area contributed by atoms with Gasteiger partial charge in [0.15, 0.2) is 5.78 Å². The number of allylic oxidation sites excluding steroid dienone is 1. The lowest BCUT2D eigenvalue weighted by atomic mass is 9.79. The maximum atomic E-state index is 11.8. The lowest BCUT2D eigenvalue weighted by Gasteiger charge is -2.35. The van der Waals surface area contributed by atoms with Crippen LogP contribution in [-0.2, 0) is 4.79 Å². The van der Waals surface area contributed by atoms with Crippen molar-refractivity contribution in [3.63, 3.8) is 0 Å². The van der Waals surface area contributed by atoms with Gasteiger partial charge in [0.1, 0.15) is 0 Å². The highest BCUT2D eigenvalue weighted by atomic mass is 16.1. The molecule has 2 aliphatic rings. The number of hydrogen-bond acceptors (Lipinski definition) is 2. The van der Waals surface area contributed by atoms with Crippen molar-refractivity contribution in [2.75, 3.05) is 13.6 Å². The molecule has 90 valence electrons. The molecule has 0 heterocycles. The summed E-state index contributed by atoms with van der Waals surface area (Å²) in [5.41, 5.74) is 2.68. The summed E-state index contributed by atoms with van der Waals surface area (Å²) in [6.07, 6.45) is 7.65. The Morgan fingerprint density at radius 2 is 2.12 bits per heavy atom. The SMILES string of the molecule is CCCN(C)C1CCC2=C(CCCC2=O)C1. The van der Waals surface area contributed by atoms with Crippen LogP contribution in [0.4, 0.5) is 0 Å². The Balaban J connectivity index is 2.03. The Labute approximate surface area is 98.7 Å². The van der Waals surface area contributed by atoms with Crippen LogP contribution in [-0.4, -0.2) is 30.3 Å². The first-order valence-electron chi connectivity index (χ1n) is 6.66. The average molecular weight is 221 g/mol. The zero-order valence-electron chi connectivity index (χ0n) is 10.6. The van der Waals surface area contributed by atoms with E-state index >= 15 is 0 Å². The van der Waals surface area contributed by atoms with Gasteiger partial charge >= 0.3 is 0 Å². The predicted molar refractivity (Wildman–Crippen MR) is 66.4 cm³/mol. The highest BCUT2D eigenvalue weighted by molar-refractivity contribution is 5.97. The van der Waals surface area contributed by atoms with Crippen LogP contribution in [0.1, 0.15) is 51.9 Å². The van der Waals surface area contributed by atoms with Crippen LogP contribution in [0.15, 0.2) is 11.1 Å². The monoisotopic (exact) mass is 221 g/mol. The van der Waals surface area contributed by atoms with Crippen molar-refractivity contribution in [3.8, 4) is 0 Å². The Morgan fingerprint density at radius 3 is 2.88 bits per heavy atom. The van der Waals surface area contributed by atoms with Gasteiger partial charge < -0.3 is 4.90 Å². The van der Waals surface area contributed by atoms with Gasteiger partial charge in [-0.3, -0.25) is 4.79 Å². The van der Waals surface area contributed by atoms with Gasteiger partial charge in [-0.15, -0.1) is 0 Å². The van der Waals surface area contributed by atoms with Crippen LogP contribution in [0.5, 0.6) is 0 Å². The third kappa shape index (κ3) is 2.37. The Morgan fingerprint density at radius 1 is 1.31 bits per heavy atom. The summed E-state index contributed by atoms with van der Waals surface area (Å²) in [6, 6.07) is 0.685. The molecule has 0 aromatic heterocycles. The molecule has 0 saturated heterocycles. The van der Waals surface area contributed by atoms with E-state index in [9.17, 15) is 4.79 Å². The molecule has 1 unspecified atom stereocenters. The Kier molecular flexibility index (Phi) is 3.80. The van der Waals surface area contributed by atoms with Crippen LogP contribution in [0.2, 0.25) is 0 Å². The van der Waals surface area contributed by atoms with E-state index in [-0.39, 0.29) is 0 Å². The molecular weight excluding hydrogens is 198 g/mol. The zero-order valence-corrected chi connectivity index (χ0v) is 10.6. The first-order chi connectivity index (χ1) is 7.72. The second-order valence-corrected chi connectivity index (χ2v) is 5.24. The molecule has 0 bridgehead atoms. The van der Waals surface area contributed by atoms with Crippen molar-refractivity contribution in [2.24, 2.45) is 0 Å². The number of rotatable bonds is 3. The summed E-state index contributed by atoms with van der Waals surface area (Å²) in [4.78, 5) is 14.2. The number of carbonyl (C=O) groups excluding carboxylic acids is 1. The summed E-state index contributed by atoms with van der Waals surface area (Å²) >= 11 is 0. The number of Topliss-reactive ketones (excluding diaryl/α,β-unsaturated/α-hetero) is 1. The molecule has 0 aromatic carbocycles. The lowest BCUT2D eigenvalue weighted by molar-refractivity contribution is -0.116. The van der Waals surface area contributed by atoms with E-state index < -0.39 is 0 Å². The molecule has 0 N–H and O–H groups in total. The molecule has 0 aromatic rings. The lowest BCUT2D eigenvalue weighted by Crippen LogP contribution is -2.36. The molecule has 2 rings (SSSR count). The molecule has 0 aliphatic heterocycles. The third-order valence-corrected chi connectivity index (χ3v) is 4.06. The number of ketones is 1. The molecule has 0 amide bonds. The number of hydrogen-bond donors (Lipinski definition) is 0. The van der Waals surface area contributed by atoms with Crippen LogP contribution >= 0.6 is 0 Å². The molecule has 0 fully saturated rings. The van der Waals surface area contributed by atoms with Crippen LogP contribution in [0, 0.1) is 0 Å². The van der Waals surface area contributed by atoms with Gasteiger partial charge in [0.05, 0.1) is 0 Å². The van der Waals surface area contributed by atoms with Gasteiger partial charge in [-0.05, 0) is 57.7 Å². The second-order valence-electron chi connectivity index (χ2n) is 5.24. The molecule has 1 atom stereocenters.